The molecule has 1 N–H and O–H groups in total. The lowest BCUT2D eigenvalue weighted by Gasteiger charge is -2.33. The van der Waals surface area contributed by atoms with E-state index in [1.807, 2.05) is 6.92 Å². The van der Waals surface area contributed by atoms with Crippen molar-refractivity contribution < 1.29 is 22.0 Å². The van der Waals surface area contributed by atoms with Crippen LogP contribution in [0.25, 0.3) is 0 Å². The van der Waals surface area contributed by atoms with E-state index in [1.54, 1.807) is 0 Å². The number of halogens is 2. The fourth-order valence-corrected chi connectivity index (χ4v) is 4.52. The van der Waals surface area contributed by atoms with Crippen LogP contribution in [0.2, 0.25) is 0 Å². The van der Waals surface area contributed by atoms with Crippen molar-refractivity contribution in [1.82, 2.24) is 9.21 Å². The third-order valence-electron chi connectivity index (χ3n) is 4.70. The number of nitrogens with zero attached hydrogens (tertiary/aromatic N) is 2. The van der Waals surface area contributed by atoms with Crippen molar-refractivity contribution in [3.8, 4) is 0 Å². The highest BCUT2D eigenvalue weighted by molar-refractivity contribution is 7.89. The molecule has 1 saturated heterocycles. The molecule has 0 radical (unpaired) electrons. The lowest BCUT2D eigenvalue weighted by atomic mass is 10.2. The molecule has 6 nitrogen and oxygen atoms in total. The molecule has 0 bridgehead atoms. The summed E-state index contributed by atoms with van der Waals surface area (Å²) in [5, 5.41) is 2.42. The Hall–Kier alpha value is -2.36. The Bertz CT molecular complexity index is 974. The summed E-state index contributed by atoms with van der Waals surface area (Å²) in [6.45, 7) is 4.99. The van der Waals surface area contributed by atoms with Gasteiger partial charge in [0, 0.05) is 31.9 Å². The number of piperazine rings is 1. The number of benzene rings is 2. The number of rotatable bonds is 5. The number of carbonyl (C=O) groups is 1. The summed E-state index contributed by atoms with van der Waals surface area (Å²) in [6.07, 6.45) is 0. The van der Waals surface area contributed by atoms with E-state index >= 15 is 0 Å². The quantitative estimate of drug-likeness (QED) is 0.824. The number of amides is 1. The Morgan fingerprint density at radius 3 is 2.43 bits per heavy atom. The topological polar surface area (TPSA) is 69.7 Å². The van der Waals surface area contributed by atoms with E-state index in [2.05, 4.69) is 10.2 Å². The second-order valence-electron chi connectivity index (χ2n) is 6.42. The fourth-order valence-electron chi connectivity index (χ4n) is 3.05. The molecule has 1 amide bonds. The first-order chi connectivity index (χ1) is 13.3. The van der Waals surface area contributed by atoms with Gasteiger partial charge in [0.1, 0.15) is 0 Å². The van der Waals surface area contributed by atoms with Crippen molar-refractivity contribution in [3.63, 3.8) is 0 Å². The van der Waals surface area contributed by atoms with Crippen LogP contribution in [-0.2, 0) is 10.0 Å². The smallest absolute Gasteiger partial charge is 0.258 e. The van der Waals surface area contributed by atoms with Crippen LogP contribution in [0.4, 0.5) is 14.5 Å². The highest BCUT2D eigenvalue weighted by atomic mass is 32.2. The van der Waals surface area contributed by atoms with Crippen LogP contribution < -0.4 is 5.32 Å². The third-order valence-corrected chi connectivity index (χ3v) is 6.60. The van der Waals surface area contributed by atoms with Gasteiger partial charge in [0.05, 0.1) is 10.5 Å². The van der Waals surface area contributed by atoms with Gasteiger partial charge in [0.2, 0.25) is 10.0 Å². The third kappa shape index (κ3) is 4.21. The summed E-state index contributed by atoms with van der Waals surface area (Å²) in [5.41, 5.74) is -0.272. The van der Waals surface area contributed by atoms with Gasteiger partial charge in [-0.3, -0.25) is 4.79 Å². The zero-order chi connectivity index (χ0) is 20.3. The Balaban J connectivity index is 1.78. The Kier molecular flexibility index (Phi) is 6.07. The van der Waals surface area contributed by atoms with Gasteiger partial charge in [-0.2, -0.15) is 4.31 Å². The van der Waals surface area contributed by atoms with E-state index < -0.39 is 33.1 Å². The van der Waals surface area contributed by atoms with Crippen molar-refractivity contribution in [2.24, 2.45) is 0 Å². The van der Waals surface area contributed by atoms with Crippen LogP contribution >= 0.6 is 0 Å². The van der Waals surface area contributed by atoms with Gasteiger partial charge < -0.3 is 10.2 Å². The fraction of sp³-hybridized carbons (Fsp3) is 0.316. The van der Waals surface area contributed by atoms with Crippen molar-refractivity contribution in [1.29, 1.82) is 0 Å². The molecule has 2 aromatic rings. The molecule has 1 fully saturated rings. The summed E-state index contributed by atoms with van der Waals surface area (Å²) < 4.78 is 54.3. The van der Waals surface area contributed by atoms with E-state index in [-0.39, 0.29) is 10.6 Å². The van der Waals surface area contributed by atoms with Crippen molar-refractivity contribution in [3.05, 3.63) is 59.7 Å². The SMILES string of the molecule is CCN1CCN(S(=O)(=O)c2cccc(NC(=O)c3cccc(F)c3F)c2)CC1. The molecule has 1 heterocycles. The zero-order valence-corrected chi connectivity index (χ0v) is 16.2. The van der Waals surface area contributed by atoms with E-state index in [9.17, 15) is 22.0 Å². The Morgan fingerprint density at radius 2 is 1.75 bits per heavy atom. The average Bonchev–Trinajstić information content (AvgIpc) is 2.70. The van der Waals surface area contributed by atoms with E-state index in [0.29, 0.717) is 26.2 Å². The first-order valence-electron chi connectivity index (χ1n) is 8.91. The summed E-state index contributed by atoms with van der Waals surface area (Å²) in [4.78, 5) is 14.4. The van der Waals surface area contributed by atoms with Crippen LogP contribution in [0.1, 0.15) is 17.3 Å². The van der Waals surface area contributed by atoms with Crippen molar-refractivity contribution >= 4 is 21.6 Å². The van der Waals surface area contributed by atoms with Gasteiger partial charge in [0.15, 0.2) is 11.6 Å². The zero-order valence-electron chi connectivity index (χ0n) is 15.4. The number of hydrogen-bond donors (Lipinski definition) is 1. The summed E-state index contributed by atoms with van der Waals surface area (Å²) in [6, 6.07) is 9.04. The summed E-state index contributed by atoms with van der Waals surface area (Å²) in [5.74, 6) is -3.24. The molecule has 28 heavy (non-hydrogen) atoms. The molecule has 1 aliphatic rings. The minimum Gasteiger partial charge on any atom is -0.322 e. The minimum atomic E-state index is -3.71. The maximum atomic E-state index is 13.8. The van der Waals surface area contributed by atoms with Gasteiger partial charge in [-0.15, -0.1) is 0 Å². The molecule has 0 aromatic heterocycles. The lowest BCUT2D eigenvalue weighted by molar-refractivity contribution is 0.102. The van der Waals surface area contributed by atoms with Crippen LogP contribution in [-0.4, -0.2) is 56.3 Å². The van der Waals surface area contributed by atoms with Crippen molar-refractivity contribution in [2.75, 3.05) is 38.0 Å². The summed E-state index contributed by atoms with van der Waals surface area (Å²) in [7, 11) is -3.71. The predicted molar refractivity (Wildman–Crippen MR) is 102 cm³/mol. The van der Waals surface area contributed by atoms with E-state index in [4.69, 9.17) is 0 Å². The molecule has 0 aliphatic carbocycles. The average molecular weight is 409 g/mol. The number of carbonyl (C=O) groups excluding carboxylic acids is 1. The van der Waals surface area contributed by atoms with Gasteiger partial charge >= 0.3 is 0 Å². The largest absolute Gasteiger partial charge is 0.322 e. The maximum Gasteiger partial charge on any atom is 0.258 e. The van der Waals surface area contributed by atoms with Crippen LogP contribution in [0.15, 0.2) is 47.4 Å². The maximum absolute atomic E-state index is 13.8. The normalized spacial score (nSPS) is 16.1. The Labute approximate surface area is 162 Å². The molecule has 9 heteroatoms. The Morgan fingerprint density at radius 1 is 1.07 bits per heavy atom. The number of nitrogens with one attached hydrogen (secondary N) is 1. The highest BCUT2D eigenvalue weighted by Gasteiger charge is 2.28. The number of sulfonamides is 1. The molecule has 0 saturated carbocycles. The number of hydrogen-bond acceptors (Lipinski definition) is 4. The first-order valence-corrected chi connectivity index (χ1v) is 10.3. The monoisotopic (exact) mass is 409 g/mol. The predicted octanol–water partition coefficient (Wildman–Crippen LogP) is 2.54. The molecular formula is C19H21F2N3O3S. The summed E-state index contributed by atoms with van der Waals surface area (Å²) >= 11 is 0. The molecule has 0 unspecified atom stereocenters. The molecular weight excluding hydrogens is 388 g/mol. The molecule has 150 valence electrons. The van der Waals surface area contributed by atoms with Crippen LogP contribution in [0.3, 0.4) is 0 Å². The van der Waals surface area contributed by atoms with Gasteiger partial charge in [0.25, 0.3) is 5.91 Å². The van der Waals surface area contributed by atoms with E-state index in [1.165, 1.54) is 34.6 Å². The second-order valence-corrected chi connectivity index (χ2v) is 8.36. The lowest BCUT2D eigenvalue weighted by Crippen LogP contribution is -2.48. The standard InChI is InChI=1S/C19H21F2N3O3S/c1-2-23-9-11-24(12-10-23)28(26,27)15-6-3-5-14(13-15)22-19(25)16-7-4-8-17(20)18(16)21/h3-8,13H,2,9-12H2,1H3,(H,22,25). The van der Waals surface area contributed by atoms with Crippen molar-refractivity contribution in [2.45, 2.75) is 11.8 Å². The number of anilines is 1. The molecule has 1 aliphatic heterocycles. The molecule has 0 atom stereocenters. The van der Waals surface area contributed by atoms with Gasteiger partial charge in [-0.05, 0) is 36.9 Å². The van der Waals surface area contributed by atoms with Gasteiger partial charge in [-0.1, -0.05) is 19.1 Å². The van der Waals surface area contributed by atoms with Crippen LogP contribution in [0, 0.1) is 11.6 Å². The van der Waals surface area contributed by atoms with E-state index in [0.717, 1.165) is 18.7 Å². The highest BCUT2D eigenvalue weighted by Crippen LogP contribution is 2.22. The first kappa shape index (κ1) is 20.4. The van der Waals surface area contributed by atoms with Crippen LogP contribution in [0.5, 0.6) is 0 Å². The number of likely N-dealkylation sites (N-methyl/N-ethyl adjacent to an activating group) is 1. The second kappa shape index (κ2) is 8.34. The minimum absolute atomic E-state index is 0.0370. The molecule has 3 rings (SSSR count). The van der Waals surface area contributed by atoms with Gasteiger partial charge in [-0.25, -0.2) is 17.2 Å². The molecule has 0 spiro atoms. The molecule has 2 aromatic carbocycles.